The number of benzene rings is 2. The molecule has 0 saturated heterocycles. The summed E-state index contributed by atoms with van der Waals surface area (Å²) in [7, 11) is 0. The molecule has 2 aromatic carbocycles. The zero-order valence-corrected chi connectivity index (χ0v) is 15.2. The van der Waals surface area contributed by atoms with E-state index < -0.39 is 5.97 Å². The van der Waals surface area contributed by atoms with Gasteiger partial charge in [-0.1, -0.05) is 30.0 Å². The first-order chi connectivity index (χ1) is 12.5. The highest BCUT2D eigenvalue weighted by Crippen LogP contribution is 2.23. The highest BCUT2D eigenvalue weighted by molar-refractivity contribution is 7.98. The van der Waals surface area contributed by atoms with E-state index in [-0.39, 0.29) is 12.2 Å². The van der Waals surface area contributed by atoms with Crippen molar-refractivity contribution in [2.24, 2.45) is 0 Å². The number of thioether (sulfide) groups is 1. The fraction of sp³-hybridized carbons (Fsp3) is 0.211. The third-order valence-corrected chi connectivity index (χ3v) is 4.74. The average molecular weight is 370 g/mol. The van der Waals surface area contributed by atoms with E-state index in [0.29, 0.717) is 16.9 Å². The maximum absolute atomic E-state index is 10.8. The van der Waals surface area contributed by atoms with Crippen LogP contribution in [0.15, 0.2) is 52.1 Å². The van der Waals surface area contributed by atoms with E-state index in [1.807, 2.05) is 25.1 Å². The van der Waals surface area contributed by atoms with Crippen LogP contribution in [-0.4, -0.2) is 21.3 Å². The second-order valence-corrected chi connectivity index (χ2v) is 6.71. The van der Waals surface area contributed by atoms with Gasteiger partial charge in [0, 0.05) is 5.75 Å². The molecule has 0 spiro atoms. The summed E-state index contributed by atoms with van der Waals surface area (Å²) < 4.78 is 11.2. The average Bonchev–Trinajstić information content (AvgIpc) is 3.09. The molecule has 1 aromatic heterocycles. The third kappa shape index (κ3) is 4.64. The Labute approximate surface area is 155 Å². The van der Waals surface area contributed by atoms with Gasteiger partial charge in [-0.05, 0) is 54.8 Å². The van der Waals surface area contributed by atoms with Crippen LogP contribution < -0.4 is 4.74 Å². The lowest BCUT2D eigenvalue weighted by Crippen LogP contribution is -1.96. The molecule has 0 fully saturated rings. The zero-order chi connectivity index (χ0) is 18.5. The number of hydrogen-bond donors (Lipinski definition) is 1. The maximum atomic E-state index is 10.8. The predicted molar refractivity (Wildman–Crippen MR) is 97.5 cm³/mol. The Morgan fingerprint density at radius 3 is 2.58 bits per heavy atom. The van der Waals surface area contributed by atoms with Gasteiger partial charge in [0.05, 0.1) is 5.56 Å². The summed E-state index contributed by atoms with van der Waals surface area (Å²) in [5.41, 5.74) is 3.62. The molecule has 1 heterocycles. The molecule has 0 saturated carbocycles. The van der Waals surface area contributed by atoms with Crippen LogP contribution in [0.2, 0.25) is 0 Å². The largest absolute Gasteiger partial charge is 0.484 e. The van der Waals surface area contributed by atoms with Gasteiger partial charge < -0.3 is 14.3 Å². The first-order valence-electron chi connectivity index (χ1n) is 7.99. The number of aromatic carboxylic acids is 1. The van der Waals surface area contributed by atoms with Gasteiger partial charge in [-0.25, -0.2) is 4.79 Å². The summed E-state index contributed by atoms with van der Waals surface area (Å²) in [6.07, 6.45) is 0. The maximum Gasteiger partial charge on any atom is 0.335 e. The number of nitrogens with zero attached hydrogens (tertiary/aromatic N) is 2. The molecule has 0 radical (unpaired) electrons. The van der Waals surface area contributed by atoms with Crippen molar-refractivity contribution in [3.63, 3.8) is 0 Å². The first kappa shape index (κ1) is 18.0. The highest BCUT2D eigenvalue weighted by Gasteiger charge is 2.09. The summed E-state index contributed by atoms with van der Waals surface area (Å²) in [5.74, 6) is 0.847. The van der Waals surface area contributed by atoms with Crippen LogP contribution in [0.5, 0.6) is 5.75 Å². The minimum atomic E-state index is -0.936. The first-order valence-corrected chi connectivity index (χ1v) is 8.97. The van der Waals surface area contributed by atoms with Gasteiger partial charge in [-0.2, -0.15) is 0 Å². The van der Waals surface area contributed by atoms with Crippen molar-refractivity contribution in [1.29, 1.82) is 0 Å². The lowest BCUT2D eigenvalue weighted by atomic mass is 10.1. The van der Waals surface area contributed by atoms with Crippen LogP contribution in [-0.2, 0) is 12.4 Å². The normalized spacial score (nSPS) is 10.7. The molecule has 3 rings (SSSR count). The van der Waals surface area contributed by atoms with E-state index in [0.717, 1.165) is 16.9 Å². The molecule has 0 atom stereocenters. The second kappa shape index (κ2) is 8.05. The predicted octanol–water partition coefficient (Wildman–Crippen LogP) is 4.26. The molecule has 6 nitrogen and oxygen atoms in total. The zero-order valence-electron chi connectivity index (χ0n) is 14.4. The lowest BCUT2D eigenvalue weighted by Gasteiger charge is -2.05. The van der Waals surface area contributed by atoms with E-state index in [1.54, 1.807) is 24.3 Å². The monoisotopic (exact) mass is 370 g/mol. The second-order valence-electron chi connectivity index (χ2n) is 5.79. The van der Waals surface area contributed by atoms with Gasteiger partial charge in [-0.3, -0.25) is 0 Å². The molecule has 7 heteroatoms. The minimum absolute atomic E-state index is 0.212. The SMILES string of the molecule is Cc1ccc(OCc2nnc(SCc3ccc(C(=O)O)cc3)o2)cc1C. The molecule has 134 valence electrons. The number of carboxylic acid groups (broad SMARTS) is 1. The van der Waals surface area contributed by atoms with Crippen molar-refractivity contribution in [1.82, 2.24) is 10.2 Å². The molecule has 0 bridgehead atoms. The molecule has 26 heavy (non-hydrogen) atoms. The summed E-state index contributed by atoms with van der Waals surface area (Å²) in [6.45, 7) is 4.30. The van der Waals surface area contributed by atoms with Gasteiger partial charge in [0.25, 0.3) is 11.1 Å². The number of rotatable bonds is 7. The molecule has 3 aromatic rings. The van der Waals surface area contributed by atoms with Crippen LogP contribution in [0.4, 0.5) is 0 Å². The van der Waals surface area contributed by atoms with Gasteiger partial charge in [0.15, 0.2) is 6.61 Å². The van der Waals surface area contributed by atoms with Gasteiger partial charge >= 0.3 is 5.97 Å². The number of hydrogen-bond acceptors (Lipinski definition) is 6. The van der Waals surface area contributed by atoms with Crippen LogP contribution in [0.1, 0.15) is 32.9 Å². The highest BCUT2D eigenvalue weighted by atomic mass is 32.2. The van der Waals surface area contributed by atoms with Crippen LogP contribution in [0, 0.1) is 13.8 Å². The molecule has 0 aliphatic carbocycles. The Morgan fingerprint density at radius 2 is 1.88 bits per heavy atom. The van der Waals surface area contributed by atoms with Crippen LogP contribution in [0.3, 0.4) is 0 Å². The van der Waals surface area contributed by atoms with Gasteiger partial charge in [0.1, 0.15) is 5.75 Å². The smallest absolute Gasteiger partial charge is 0.335 e. The Kier molecular flexibility index (Phi) is 5.58. The number of aromatic nitrogens is 2. The quantitative estimate of drug-likeness (QED) is 0.622. The summed E-state index contributed by atoms with van der Waals surface area (Å²) >= 11 is 1.39. The van der Waals surface area contributed by atoms with Crippen molar-refractivity contribution < 1.29 is 19.1 Å². The number of ether oxygens (including phenoxy) is 1. The fourth-order valence-corrected chi connectivity index (χ4v) is 2.93. The van der Waals surface area contributed by atoms with Crippen molar-refractivity contribution in [3.8, 4) is 5.75 Å². The Hall–Kier alpha value is -2.80. The third-order valence-electron chi connectivity index (χ3n) is 3.85. The molecular weight excluding hydrogens is 352 g/mol. The lowest BCUT2D eigenvalue weighted by molar-refractivity contribution is 0.0697. The van der Waals surface area contributed by atoms with Gasteiger partial charge in [0.2, 0.25) is 0 Å². The standard InChI is InChI=1S/C19H18N2O4S/c1-12-3-8-16(9-13(12)2)24-10-17-20-21-19(25-17)26-11-14-4-6-15(7-5-14)18(22)23/h3-9H,10-11H2,1-2H3,(H,22,23). The minimum Gasteiger partial charge on any atom is -0.484 e. The number of carboxylic acids is 1. The van der Waals surface area contributed by atoms with Crippen molar-refractivity contribution >= 4 is 17.7 Å². The van der Waals surface area contributed by atoms with Crippen LogP contribution in [0.25, 0.3) is 0 Å². The molecular formula is C19H18N2O4S. The summed E-state index contributed by atoms with van der Waals surface area (Å²) in [4.78, 5) is 10.8. The molecule has 0 amide bonds. The fourth-order valence-electron chi connectivity index (χ4n) is 2.19. The Balaban J connectivity index is 1.52. The Bertz CT molecular complexity index is 906. The van der Waals surface area contributed by atoms with E-state index in [1.165, 1.54) is 17.3 Å². The topological polar surface area (TPSA) is 85.5 Å². The molecule has 1 N–H and O–H groups in total. The molecule has 0 aliphatic rings. The van der Waals surface area contributed by atoms with Crippen molar-refractivity contribution in [2.75, 3.05) is 0 Å². The van der Waals surface area contributed by atoms with E-state index in [9.17, 15) is 4.79 Å². The summed E-state index contributed by atoms with van der Waals surface area (Å²) in [6, 6.07) is 12.6. The van der Waals surface area contributed by atoms with Crippen molar-refractivity contribution in [3.05, 3.63) is 70.6 Å². The van der Waals surface area contributed by atoms with E-state index in [4.69, 9.17) is 14.3 Å². The van der Waals surface area contributed by atoms with E-state index in [2.05, 4.69) is 17.1 Å². The van der Waals surface area contributed by atoms with Crippen molar-refractivity contribution in [2.45, 2.75) is 31.4 Å². The van der Waals surface area contributed by atoms with Gasteiger partial charge in [-0.15, -0.1) is 10.2 Å². The summed E-state index contributed by atoms with van der Waals surface area (Å²) in [5, 5.41) is 17.3. The Morgan fingerprint density at radius 1 is 1.12 bits per heavy atom. The molecule has 0 unspecified atom stereocenters. The number of carbonyl (C=O) groups is 1. The molecule has 0 aliphatic heterocycles. The van der Waals surface area contributed by atoms with Crippen LogP contribution >= 0.6 is 11.8 Å². The number of aryl methyl sites for hydroxylation is 2. The van der Waals surface area contributed by atoms with E-state index >= 15 is 0 Å².